The van der Waals surface area contributed by atoms with Crippen molar-refractivity contribution in [3.8, 4) is 11.4 Å². The Morgan fingerprint density at radius 3 is 2.53 bits per heavy atom. The molecular formula is C25H24N6O2S. The minimum absolute atomic E-state index is 0.0142. The summed E-state index contributed by atoms with van der Waals surface area (Å²) in [6, 6.07) is 18.7. The van der Waals surface area contributed by atoms with Gasteiger partial charge in [0.25, 0.3) is 0 Å². The Hall–Kier alpha value is -3.98. The smallest absolute Gasteiger partial charge is 0.308 e. The fourth-order valence-electron chi connectivity index (χ4n) is 3.29. The first kappa shape index (κ1) is 23.2. The molecule has 3 amide bonds. The number of nitrogens with one attached hydrogen (secondary N) is 2. The molecule has 8 nitrogen and oxygen atoms in total. The van der Waals surface area contributed by atoms with Gasteiger partial charge in [0.05, 0.1) is 12.3 Å². The van der Waals surface area contributed by atoms with Gasteiger partial charge in [-0.2, -0.15) is 0 Å². The van der Waals surface area contributed by atoms with Crippen molar-refractivity contribution in [2.45, 2.75) is 25.5 Å². The second kappa shape index (κ2) is 10.8. The van der Waals surface area contributed by atoms with Crippen LogP contribution < -0.4 is 10.6 Å². The largest absolute Gasteiger partial charge is 0.325 e. The quantitative estimate of drug-likeness (QED) is 0.386. The SMILES string of the molecule is Cc1ccc(NC(=O)NC(=O)CSc2nnc(-c3cccnc3)n2Cc2ccccc2)cc1C. The van der Waals surface area contributed by atoms with Crippen LogP contribution in [0.1, 0.15) is 16.7 Å². The van der Waals surface area contributed by atoms with E-state index in [-0.39, 0.29) is 5.75 Å². The molecule has 172 valence electrons. The van der Waals surface area contributed by atoms with Crippen LogP contribution in [0, 0.1) is 13.8 Å². The maximum absolute atomic E-state index is 12.4. The number of carbonyl (C=O) groups excluding carboxylic acids is 2. The van der Waals surface area contributed by atoms with E-state index in [2.05, 4.69) is 25.8 Å². The Labute approximate surface area is 201 Å². The molecule has 4 aromatic rings. The molecular weight excluding hydrogens is 448 g/mol. The highest BCUT2D eigenvalue weighted by atomic mass is 32.2. The number of rotatable bonds is 7. The second-order valence-corrected chi connectivity index (χ2v) is 8.65. The van der Waals surface area contributed by atoms with Crippen LogP contribution in [0.2, 0.25) is 0 Å². The first-order valence-corrected chi connectivity index (χ1v) is 11.7. The molecule has 2 heterocycles. The summed E-state index contributed by atoms with van der Waals surface area (Å²) < 4.78 is 1.94. The van der Waals surface area contributed by atoms with Crippen molar-refractivity contribution >= 4 is 29.4 Å². The minimum Gasteiger partial charge on any atom is -0.308 e. The standard InChI is InChI=1S/C25H24N6O2S/c1-17-10-11-21(13-18(17)2)27-24(33)28-22(32)16-34-25-30-29-23(20-9-6-12-26-14-20)31(25)15-19-7-4-3-5-8-19/h3-14H,15-16H2,1-2H3,(H2,27,28,32,33). The van der Waals surface area contributed by atoms with E-state index >= 15 is 0 Å². The number of hydrogen-bond donors (Lipinski definition) is 2. The number of aromatic nitrogens is 4. The van der Waals surface area contributed by atoms with Gasteiger partial charge in [0, 0.05) is 23.6 Å². The molecule has 2 aromatic heterocycles. The molecule has 9 heteroatoms. The van der Waals surface area contributed by atoms with Gasteiger partial charge in [-0.25, -0.2) is 4.79 Å². The highest BCUT2D eigenvalue weighted by Crippen LogP contribution is 2.24. The Morgan fingerprint density at radius 1 is 0.971 bits per heavy atom. The monoisotopic (exact) mass is 472 g/mol. The average molecular weight is 473 g/mol. The van der Waals surface area contributed by atoms with Gasteiger partial charge in [-0.3, -0.25) is 19.7 Å². The molecule has 0 bridgehead atoms. The first-order valence-electron chi connectivity index (χ1n) is 10.7. The number of imide groups is 1. The Morgan fingerprint density at radius 2 is 1.79 bits per heavy atom. The summed E-state index contributed by atoms with van der Waals surface area (Å²) in [4.78, 5) is 28.8. The van der Waals surface area contributed by atoms with Gasteiger partial charge in [0.1, 0.15) is 0 Å². The number of hydrogen-bond acceptors (Lipinski definition) is 6. The normalized spacial score (nSPS) is 10.6. The van der Waals surface area contributed by atoms with Gasteiger partial charge < -0.3 is 5.32 Å². The third kappa shape index (κ3) is 5.87. The number of anilines is 1. The van der Waals surface area contributed by atoms with Gasteiger partial charge in [0.15, 0.2) is 11.0 Å². The molecule has 0 spiro atoms. The highest BCUT2D eigenvalue weighted by molar-refractivity contribution is 7.99. The summed E-state index contributed by atoms with van der Waals surface area (Å²) in [5.41, 5.74) is 4.72. The van der Waals surface area contributed by atoms with E-state index in [1.165, 1.54) is 11.8 Å². The predicted molar refractivity (Wildman–Crippen MR) is 133 cm³/mol. The number of carbonyl (C=O) groups is 2. The number of thioether (sulfide) groups is 1. The third-order valence-corrected chi connectivity index (χ3v) is 6.14. The van der Waals surface area contributed by atoms with E-state index in [4.69, 9.17) is 0 Å². The fourth-order valence-corrected chi connectivity index (χ4v) is 4.02. The van der Waals surface area contributed by atoms with Crippen LogP contribution in [0.15, 0.2) is 78.2 Å². The molecule has 0 aliphatic heterocycles. The summed E-state index contributed by atoms with van der Waals surface area (Å²) >= 11 is 1.22. The van der Waals surface area contributed by atoms with E-state index in [1.807, 2.05) is 73.0 Å². The maximum Gasteiger partial charge on any atom is 0.325 e. The molecule has 0 saturated carbocycles. The van der Waals surface area contributed by atoms with Crippen LogP contribution >= 0.6 is 11.8 Å². The zero-order chi connectivity index (χ0) is 23.9. The fraction of sp³-hybridized carbons (Fsp3) is 0.160. The Bertz CT molecular complexity index is 1290. The molecule has 34 heavy (non-hydrogen) atoms. The molecule has 0 aliphatic rings. The van der Waals surface area contributed by atoms with Crippen molar-refractivity contribution < 1.29 is 9.59 Å². The molecule has 0 aliphatic carbocycles. The van der Waals surface area contributed by atoms with Crippen molar-refractivity contribution in [3.63, 3.8) is 0 Å². The van der Waals surface area contributed by atoms with Crippen LogP contribution in [-0.4, -0.2) is 37.4 Å². The Kier molecular flexibility index (Phi) is 7.34. The second-order valence-electron chi connectivity index (χ2n) is 7.71. The van der Waals surface area contributed by atoms with Crippen LogP contribution in [0.4, 0.5) is 10.5 Å². The van der Waals surface area contributed by atoms with Crippen molar-refractivity contribution in [2.24, 2.45) is 0 Å². The zero-order valence-electron chi connectivity index (χ0n) is 18.9. The zero-order valence-corrected chi connectivity index (χ0v) is 19.7. The Balaban J connectivity index is 1.43. The summed E-state index contributed by atoms with van der Waals surface area (Å²) in [7, 11) is 0. The minimum atomic E-state index is -0.573. The number of pyridine rings is 1. The van der Waals surface area contributed by atoms with E-state index in [0.717, 1.165) is 22.3 Å². The molecule has 0 atom stereocenters. The van der Waals surface area contributed by atoms with Crippen molar-refractivity contribution in [3.05, 3.63) is 89.7 Å². The molecule has 0 unspecified atom stereocenters. The molecule has 4 rings (SSSR count). The molecule has 2 N–H and O–H groups in total. The van der Waals surface area contributed by atoms with Gasteiger partial charge >= 0.3 is 6.03 Å². The number of urea groups is 1. The van der Waals surface area contributed by atoms with Crippen LogP contribution in [0.25, 0.3) is 11.4 Å². The van der Waals surface area contributed by atoms with Crippen LogP contribution in [0.3, 0.4) is 0 Å². The number of aryl methyl sites for hydroxylation is 2. The van der Waals surface area contributed by atoms with Crippen LogP contribution in [0.5, 0.6) is 0 Å². The lowest BCUT2D eigenvalue weighted by atomic mass is 10.1. The number of benzene rings is 2. The lowest BCUT2D eigenvalue weighted by Gasteiger charge is -2.11. The lowest BCUT2D eigenvalue weighted by molar-refractivity contribution is -0.117. The van der Waals surface area contributed by atoms with Gasteiger partial charge in [-0.1, -0.05) is 48.2 Å². The summed E-state index contributed by atoms with van der Waals surface area (Å²) in [6.45, 7) is 4.50. The van der Waals surface area contributed by atoms with Gasteiger partial charge in [-0.15, -0.1) is 10.2 Å². The third-order valence-electron chi connectivity index (χ3n) is 5.17. The van der Waals surface area contributed by atoms with Gasteiger partial charge in [-0.05, 0) is 54.8 Å². The van der Waals surface area contributed by atoms with E-state index in [1.54, 1.807) is 18.5 Å². The first-order chi connectivity index (χ1) is 16.5. The maximum atomic E-state index is 12.4. The topological polar surface area (TPSA) is 102 Å². The molecule has 0 radical (unpaired) electrons. The predicted octanol–water partition coefficient (Wildman–Crippen LogP) is 4.45. The van der Waals surface area contributed by atoms with Crippen molar-refractivity contribution in [1.82, 2.24) is 25.1 Å². The van der Waals surface area contributed by atoms with Crippen LogP contribution in [-0.2, 0) is 11.3 Å². The van der Waals surface area contributed by atoms with E-state index in [0.29, 0.717) is 23.2 Å². The number of amides is 3. The van der Waals surface area contributed by atoms with Gasteiger partial charge in [0.2, 0.25) is 5.91 Å². The van der Waals surface area contributed by atoms with Crippen molar-refractivity contribution in [1.29, 1.82) is 0 Å². The molecule has 0 fully saturated rings. The lowest BCUT2D eigenvalue weighted by Crippen LogP contribution is -2.35. The summed E-state index contributed by atoms with van der Waals surface area (Å²) in [5, 5.41) is 14.3. The molecule has 0 saturated heterocycles. The summed E-state index contributed by atoms with van der Waals surface area (Å²) in [6.07, 6.45) is 3.42. The van der Waals surface area contributed by atoms with E-state index < -0.39 is 11.9 Å². The average Bonchev–Trinajstić information content (AvgIpc) is 3.23. The van der Waals surface area contributed by atoms with E-state index in [9.17, 15) is 9.59 Å². The summed E-state index contributed by atoms with van der Waals surface area (Å²) in [5.74, 6) is 0.246. The van der Waals surface area contributed by atoms with Crippen molar-refractivity contribution in [2.75, 3.05) is 11.1 Å². The highest BCUT2D eigenvalue weighted by Gasteiger charge is 2.17. The molecule has 2 aromatic carbocycles. The number of nitrogens with zero attached hydrogens (tertiary/aromatic N) is 4.